The van der Waals surface area contributed by atoms with Crippen LogP contribution in [0.15, 0.2) is 53.4 Å². The first-order chi connectivity index (χ1) is 12.3. The van der Waals surface area contributed by atoms with Crippen LogP contribution in [0.1, 0.15) is 18.4 Å². The van der Waals surface area contributed by atoms with Gasteiger partial charge in [0.1, 0.15) is 0 Å². The lowest BCUT2D eigenvalue weighted by Gasteiger charge is -2.03. The molecule has 0 radical (unpaired) electrons. The smallest absolute Gasteiger partial charge is 0.226 e. The molecule has 1 heterocycles. The van der Waals surface area contributed by atoms with Crippen molar-refractivity contribution in [3.63, 3.8) is 0 Å². The second-order valence-electron chi connectivity index (χ2n) is 5.52. The zero-order valence-corrected chi connectivity index (χ0v) is 16.5. The summed E-state index contributed by atoms with van der Waals surface area (Å²) in [4.78, 5) is 17.8. The predicted molar refractivity (Wildman–Crippen MR) is 112 cm³/mol. The lowest BCUT2D eigenvalue weighted by atomic mass is 10.2. The largest absolute Gasteiger partial charge is 0.302 e. The number of hydrogen-bond donors (Lipinski definition) is 1. The summed E-state index contributed by atoms with van der Waals surface area (Å²) < 4.78 is 1.11. The molecule has 0 fully saturated rings. The second kappa shape index (κ2) is 9.27. The fraction of sp³-hybridized carbons (Fsp3) is 0.263. The predicted octanol–water partition coefficient (Wildman–Crippen LogP) is 5.67. The number of amides is 1. The Labute approximate surface area is 160 Å². The standard InChI is InChI=1S/C19H20N2OS3/c1-23-15-9-5-10-16-18(15)21-19(25-16)20-17(22)11-6-12-24-13-14-7-3-2-4-8-14/h2-5,7-10H,6,11-13H2,1H3,(H,20,21,22). The van der Waals surface area contributed by atoms with Gasteiger partial charge in [0.25, 0.3) is 0 Å². The number of rotatable bonds is 8. The van der Waals surface area contributed by atoms with Crippen molar-refractivity contribution >= 4 is 56.1 Å². The van der Waals surface area contributed by atoms with Crippen LogP contribution in [0, 0.1) is 0 Å². The van der Waals surface area contributed by atoms with Gasteiger partial charge in [-0.25, -0.2) is 4.98 Å². The Kier molecular flexibility index (Phi) is 6.78. The van der Waals surface area contributed by atoms with Gasteiger partial charge >= 0.3 is 0 Å². The van der Waals surface area contributed by atoms with Crippen LogP contribution in [0.5, 0.6) is 0 Å². The highest BCUT2D eigenvalue weighted by molar-refractivity contribution is 7.99. The molecule has 0 spiro atoms. The molecule has 3 aromatic rings. The zero-order chi connectivity index (χ0) is 17.5. The van der Waals surface area contributed by atoms with Crippen LogP contribution < -0.4 is 5.32 Å². The molecule has 1 amide bonds. The highest BCUT2D eigenvalue weighted by Gasteiger charge is 2.10. The van der Waals surface area contributed by atoms with E-state index in [1.165, 1.54) is 16.9 Å². The van der Waals surface area contributed by atoms with Crippen LogP contribution in [0.3, 0.4) is 0 Å². The molecular formula is C19H20N2OS3. The number of thiazole rings is 1. The van der Waals surface area contributed by atoms with Crippen molar-refractivity contribution in [2.75, 3.05) is 17.3 Å². The number of fused-ring (bicyclic) bond motifs is 1. The van der Waals surface area contributed by atoms with E-state index in [4.69, 9.17) is 0 Å². The van der Waals surface area contributed by atoms with E-state index in [0.717, 1.165) is 33.0 Å². The normalized spacial score (nSPS) is 10.9. The van der Waals surface area contributed by atoms with Crippen molar-refractivity contribution in [1.29, 1.82) is 0 Å². The fourth-order valence-electron chi connectivity index (χ4n) is 2.42. The van der Waals surface area contributed by atoms with Gasteiger partial charge in [-0.1, -0.05) is 47.7 Å². The van der Waals surface area contributed by atoms with E-state index in [-0.39, 0.29) is 5.91 Å². The minimum atomic E-state index is 0.0464. The SMILES string of the molecule is CSc1cccc2sc(NC(=O)CCCSCc3ccccc3)nc12. The van der Waals surface area contributed by atoms with Crippen LogP contribution in [0.4, 0.5) is 5.13 Å². The van der Waals surface area contributed by atoms with E-state index >= 15 is 0 Å². The van der Waals surface area contributed by atoms with Crippen molar-refractivity contribution in [2.24, 2.45) is 0 Å². The van der Waals surface area contributed by atoms with Gasteiger partial charge in [0.15, 0.2) is 5.13 Å². The number of benzene rings is 2. The number of carbonyl (C=O) groups is 1. The quantitative estimate of drug-likeness (QED) is 0.399. The number of carbonyl (C=O) groups excluding carboxylic acids is 1. The van der Waals surface area contributed by atoms with Crippen LogP contribution in [-0.2, 0) is 10.5 Å². The average Bonchev–Trinajstić information content (AvgIpc) is 3.04. The topological polar surface area (TPSA) is 42.0 Å². The molecule has 3 rings (SSSR count). The monoisotopic (exact) mass is 388 g/mol. The number of hydrogen-bond acceptors (Lipinski definition) is 5. The molecule has 0 aliphatic rings. The maximum absolute atomic E-state index is 12.1. The van der Waals surface area contributed by atoms with Crippen LogP contribution in [0.25, 0.3) is 10.2 Å². The zero-order valence-electron chi connectivity index (χ0n) is 14.0. The van der Waals surface area contributed by atoms with Crippen LogP contribution in [0.2, 0.25) is 0 Å². The van der Waals surface area contributed by atoms with E-state index in [1.54, 1.807) is 11.8 Å². The number of aromatic nitrogens is 1. The van der Waals surface area contributed by atoms with Gasteiger partial charge in [0.05, 0.1) is 10.2 Å². The lowest BCUT2D eigenvalue weighted by molar-refractivity contribution is -0.116. The molecule has 0 atom stereocenters. The van der Waals surface area contributed by atoms with Crippen molar-refractivity contribution in [2.45, 2.75) is 23.5 Å². The molecular weight excluding hydrogens is 368 g/mol. The Hall–Kier alpha value is -1.50. The molecule has 0 aliphatic carbocycles. The van der Waals surface area contributed by atoms with E-state index in [0.29, 0.717) is 11.6 Å². The first-order valence-corrected chi connectivity index (χ1v) is 11.3. The summed E-state index contributed by atoms with van der Waals surface area (Å²) in [5.41, 5.74) is 2.31. The molecule has 0 bridgehead atoms. The Morgan fingerprint density at radius 1 is 1.16 bits per heavy atom. The van der Waals surface area contributed by atoms with E-state index in [1.807, 2.05) is 36.2 Å². The van der Waals surface area contributed by atoms with Crippen LogP contribution >= 0.6 is 34.9 Å². The summed E-state index contributed by atoms with van der Waals surface area (Å²) in [6.45, 7) is 0. The summed E-state index contributed by atoms with van der Waals surface area (Å²) in [5.74, 6) is 2.03. The molecule has 6 heteroatoms. The first-order valence-electron chi connectivity index (χ1n) is 8.11. The van der Waals surface area contributed by atoms with Crippen molar-refractivity contribution in [3.8, 4) is 0 Å². The number of para-hydroxylation sites is 1. The van der Waals surface area contributed by atoms with Crippen molar-refractivity contribution in [1.82, 2.24) is 4.98 Å². The molecule has 0 saturated carbocycles. The highest BCUT2D eigenvalue weighted by Crippen LogP contribution is 2.32. The first kappa shape index (κ1) is 18.3. The molecule has 0 saturated heterocycles. The number of nitrogens with zero attached hydrogens (tertiary/aromatic N) is 1. The summed E-state index contributed by atoms with van der Waals surface area (Å²) in [6, 6.07) is 16.6. The van der Waals surface area contributed by atoms with E-state index in [2.05, 4.69) is 40.6 Å². The minimum Gasteiger partial charge on any atom is -0.302 e. The molecule has 1 N–H and O–H groups in total. The van der Waals surface area contributed by atoms with Gasteiger partial charge in [0, 0.05) is 17.1 Å². The molecule has 130 valence electrons. The third-order valence-corrected chi connectivity index (χ3v) is 6.47. The Morgan fingerprint density at radius 3 is 2.80 bits per heavy atom. The average molecular weight is 389 g/mol. The molecule has 3 nitrogen and oxygen atoms in total. The summed E-state index contributed by atoms with van der Waals surface area (Å²) in [5, 5.41) is 3.63. The van der Waals surface area contributed by atoms with Gasteiger partial charge in [0.2, 0.25) is 5.91 Å². The van der Waals surface area contributed by atoms with Gasteiger partial charge < -0.3 is 5.32 Å². The number of nitrogens with one attached hydrogen (secondary N) is 1. The van der Waals surface area contributed by atoms with E-state index < -0.39 is 0 Å². The van der Waals surface area contributed by atoms with Crippen LogP contribution in [-0.4, -0.2) is 22.9 Å². The molecule has 25 heavy (non-hydrogen) atoms. The summed E-state index contributed by atoms with van der Waals surface area (Å²) in [7, 11) is 0. The molecule has 2 aromatic carbocycles. The maximum Gasteiger partial charge on any atom is 0.226 e. The second-order valence-corrected chi connectivity index (χ2v) is 8.50. The van der Waals surface area contributed by atoms with Gasteiger partial charge in [-0.3, -0.25) is 4.79 Å². The third-order valence-electron chi connectivity index (χ3n) is 3.65. The van der Waals surface area contributed by atoms with Gasteiger partial charge in [-0.2, -0.15) is 11.8 Å². The molecule has 0 aliphatic heterocycles. The highest BCUT2D eigenvalue weighted by atomic mass is 32.2. The number of anilines is 1. The fourth-order valence-corrected chi connectivity index (χ4v) is 4.88. The Morgan fingerprint density at radius 2 is 2.00 bits per heavy atom. The molecule has 1 aromatic heterocycles. The van der Waals surface area contributed by atoms with Gasteiger partial charge in [-0.15, -0.1) is 11.8 Å². The minimum absolute atomic E-state index is 0.0464. The van der Waals surface area contributed by atoms with Gasteiger partial charge in [-0.05, 0) is 36.1 Å². The Bertz CT molecular complexity index is 833. The van der Waals surface area contributed by atoms with Crippen molar-refractivity contribution in [3.05, 3.63) is 54.1 Å². The Balaban J connectivity index is 1.43. The summed E-state index contributed by atoms with van der Waals surface area (Å²) in [6.07, 6.45) is 3.46. The maximum atomic E-state index is 12.1. The van der Waals surface area contributed by atoms with E-state index in [9.17, 15) is 4.79 Å². The third kappa shape index (κ3) is 5.23. The lowest BCUT2D eigenvalue weighted by Crippen LogP contribution is -2.11. The molecule has 0 unspecified atom stereocenters. The number of thioether (sulfide) groups is 2. The van der Waals surface area contributed by atoms with Crippen molar-refractivity contribution < 1.29 is 4.79 Å². The summed E-state index contributed by atoms with van der Waals surface area (Å²) >= 11 is 5.08.